The average molecular weight is 287 g/mol. The van der Waals surface area contributed by atoms with E-state index in [4.69, 9.17) is 23.2 Å². The van der Waals surface area contributed by atoms with Gasteiger partial charge in [0.15, 0.2) is 0 Å². The highest BCUT2D eigenvalue weighted by atomic mass is 35.5. The van der Waals surface area contributed by atoms with E-state index in [1.54, 1.807) is 0 Å². The highest BCUT2D eigenvalue weighted by Crippen LogP contribution is 2.33. The molecule has 1 aromatic carbocycles. The van der Waals surface area contributed by atoms with Gasteiger partial charge in [0.25, 0.3) is 0 Å². The summed E-state index contributed by atoms with van der Waals surface area (Å²) in [5.74, 6) is 0. The van der Waals surface area contributed by atoms with E-state index in [1.165, 1.54) is 5.56 Å². The zero-order chi connectivity index (χ0) is 13.0. The van der Waals surface area contributed by atoms with Gasteiger partial charge in [-0.15, -0.1) is 0 Å². The minimum absolute atomic E-state index is 0.418. The molecule has 0 saturated carbocycles. The number of benzene rings is 1. The monoisotopic (exact) mass is 286 g/mol. The molecule has 1 aliphatic heterocycles. The van der Waals surface area contributed by atoms with Crippen molar-refractivity contribution < 1.29 is 0 Å². The molecule has 0 aliphatic carbocycles. The Labute approximate surface area is 119 Å². The first kappa shape index (κ1) is 14.1. The molecule has 0 aromatic heterocycles. The molecule has 1 N–H and O–H groups in total. The van der Waals surface area contributed by atoms with Crippen molar-refractivity contribution in [2.45, 2.75) is 25.8 Å². The SMILES string of the molecule is CCC[C@H](c1ccc(Cl)cc1Cl)N1CCNCC1. The van der Waals surface area contributed by atoms with Gasteiger partial charge in [0, 0.05) is 42.3 Å². The van der Waals surface area contributed by atoms with E-state index < -0.39 is 0 Å². The molecule has 0 spiro atoms. The molecular formula is C14H20Cl2N2. The van der Waals surface area contributed by atoms with Crippen LogP contribution in [0.4, 0.5) is 0 Å². The van der Waals surface area contributed by atoms with Crippen LogP contribution in [0.25, 0.3) is 0 Å². The molecule has 100 valence electrons. The van der Waals surface area contributed by atoms with E-state index in [0.29, 0.717) is 11.1 Å². The number of halogens is 2. The van der Waals surface area contributed by atoms with Crippen LogP contribution in [0, 0.1) is 0 Å². The van der Waals surface area contributed by atoms with Gasteiger partial charge in [-0.25, -0.2) is 0 Å². The van der Waals surface area contributed by atoms with Crippen LogP contribution >= 0.6 is 23.2 Å². The van der Waals surface area contributed by atoms with Crippen molar-refractivity contribution in [1.29, 1.82) is 0 Å². The van der Waals surface area contributed by atoms with E-state index in [-0.39, 0.29) is 0 Å². The topological polar surface area (TPSA) is 15.3 Å². The smallest absolute Gasteiger partial charge is 0.0468 e. The van der Waals surface area contributed by atoms with Crippen molar-refractivity contribution in [3.8, 4) is 0 Å². The van der Waals surface area contributed by atoms with Gasteiger partial charge in [-0.3, -0.25) is 4.90 Å². The second kappa shape index (κ2) is 6.76. The standard InChI is InChI=1S/C14H20Cl2N2/c1-2-3-14(18-8-6-17-7-9-18)12-5-4-11(15)10-13(12)16/h4-5,10,14,17H,2-3,6-9H2,1H3/t14-/m1/s1. The number of piperazine rings is 1. The highest BCUT2D eigenvalue weighted by molar-refractivity contribution is 6.35. The third-order valence-electron chi connectivity index (χ3n) is 3.48. The van der Waals surface area contributed by atoms with E-state index >= 15 is 0 Å². The summed E-state index contributed by atoms with van der Waals surface area (Å²) >= 11 is 12.3. The molecule has 0 amide bonds. The molecule has 1 fully saturated rings. The molecule has 1 aromatic rings. The third-order valence-corrected chi connectivity index (χ3v) is 4.04. The average Bonchev–Trinajstić information content (AvgIpc) is 2.38. The van der Waals surface area contributed by atoms with Crippen molar-refractivity contribution in [1.82, 2.24) is 10.2 Å². The summed E-state index contributed by atoms with van der Waals surface area (Å²) < 4.78 is 0. The maximum Gasteiger partial charge on any atom is 0.0468 e. The Hall–Kier alpha value is -0.280. The number of nitrogens with one attached hydrogen (secondary N) is 1. The Morgan fingerprint density at radius 1 is 1.28 bits per heavy atom. The lowest BCUT2D eigenvalue weighted by atomic mass is 10.00. The van der Waals surface area contributed by atoms with Gasteiger partial charge in [-0.1, -0.05) is 42.6 Å². The summed E-state index contributed by atoms with van der Waals surface area (Å²) in [6.07, 6.45) is 2.30. The maximum atomic E-state index is 6.35. The summed E-state index contributed by atoms with van der Waals surface area (Å²) in [6, 6.07) is 6.28. The summed E-state index contributed by atoms with van der Waals surface area (Å²) in [7, 11) is 0. The van der Waals surface area contributed by atoms with Crippen LogP contribution < -0.4 is 5.32 Å². The van der Waals surface area contributed by atoms with E-state index in [2.05, 4.69) is 23.2 Å². The zero-order valence-corrected chi connectivity index (χ0v) is 12.3. The summed E-state index contributed by atoms with van der Waals surface area (Å²) in [4.78, 5) is 2.52. The van der Waals surface area contributed by atoms with Crippen LogP contribution in [-0.2, 0) is 0 Å². The second-order valence-corrected chi connectivity index (χ2v) is 5.60. The van der Waals surface area contributed by atoms with Gasteiger partial charge in [-0.05, 0) is 24.1 Å². The summed E-state index contributed by atoms with van der Waals surface area (Å²) in [6.45, 7) is 6.52. The molecule has 1 atom stereocenters. The predicted molar refractivity (Wildman–Crippen MR) is 78.6 cm³/mol. The molecule has 1 heterocycles. The fourth-order valence-electron chi connectivity index (χ4n) is 2.57. The van der Waals surface area contributed by atoms with Crippen LogP contribution in [-0.4, -0.2) is 31.1 Å². The van der Waals surface area contributed by atoms with Gasteiger partial charge in [0.1, 0.15) is 0 Å². The van der Waals surface area contributed by atoms with E-state index in [1.807, 2.05) is 12.1 Å². The minimum Gasteiger partial charge on any atom is -0.314 e. The van der Waals surface area contributed by atoms with Crippen molar-refractivity contribution >= 4 is 23.2 Å². The molecule has 2 rings (SSSR count). The molecule has 18 heavy (non-hydrogen) atoms. The lowest BCUT2D eigenvalue weighted by Crippen LogP contribution is -2.45. The second-order valence-electron chi connectivity index (χ2n) is 4.76. The highest BCUT2D eigenvalue weighted by Gasteiger charge is 2.23. The van der Waals surface area contributed by atoms with Crippen molar-refractivity contribution in [3.05, 3.63) is 33.8 Å². The molecule has 2 nitrogen and oxygen atoms in total. The first-order valence-electron chi connectivity index (χ1n) is 6.62. The number of hydrogen-bond donors (Lipinski definition) is 1. The van der Waals surface area contributed by atoms with Crippen molar-refractivity contribution in [2.75, 3.05) is 26.2 Å². The van der Waals surface area contributed by atoms with Gasteiger partial charge < -0.3 is 5.32 Å². The van der Waals surface area contributed by atoms with E-state index in [0.717, 1.165) is 44.0 Å². The predicted octanol–water partition coefficient (Wildman–Crippen LogP) is 3.74. The van der Waals surface area contributed by atoms with Crippen LogP contribution in [0.5, 0.6) is 0 Å². The molecule has 0 bridgehead atoms. The van der Waals surface area contributed by atoms with Gasteiger partial charge >= 0.3 is 0 Å². The normalized spacial score (nSPS) is 18.8. The quantitative estimate of drug-likeness (QED) is 0.907. The molecule has 1 saturated heterocycles. The Morgan fingerprint density at radius 2 is 2.00 bits per heavy atom. The number of nitrogens with zero attached hydrogens (tertiary/aromatic N) is 1. The fraction of sp³-hybridized carbons (Fsp3) is 0.571. The molecule has 0 unspecified atom stereocenters. The van der Waals surface area contributed by atoms with Gasteiger partial charge in [-0.2, -0.15) is 0 Å². The van der Waals surface area contributed by atoms with Crippen LogP contribution in [0.15, 0.2) is 18.2 Å². The first-order valence-corrected chi connectivity index (χ1v) is 7.37. The zero-order valence-electron chi connectivity index (χ0n) is 10.8. The first-order chi connectivity index (χ1) is 8.72. The Morgan fingerprint density at radius 3 is 2.61 bits per heavy atom. The number of rotatable bonds is 4. The van der Waals surface area contributed by atoms with Crippen molar-refractivity contribution in [2.24, 2.45) is 0 Å². The molecular weight excluding hydrogens is 267 g/mol. The van der Waals surface area contributed by atoms with E-state index in [9.17, 15) is 0 Å². The largest absolute Gasteiger partial charge is 0.314 e. The number of hydrogen-bond acceptors (Lipinski definition) is 2. The third kappa shape index (κ3) is 3.39. The Kier molecular flexibility index (Phi) is 5.31. The fourth-order valence-corrected chi connectivity index (χ4v) is 3.11. The van der Waals surface area contributed by atoms with Gasteiger partial charge in [0.05, 0.1) is 0 Å². The minimum atomic E-state index is 0.418. The molecule has 0 radical (unpaired) electrons. The Balaban J connectivity index is 2.22. The lowest BCUT2D eigenvalue weighted by molar-refractivity contribution is 0.164. The van der Waals surface area contributed by atoms with Crippen LogP contribution in [0.2, 0.25) is 10.0 Å². The molecule has 1 aliphatic rings. The molecule has 4 heteroatoms. The maximum absolute atomic E-state index is 6.35. The van der Waals surface area contributed by atoms with Crippen LogP contribution in [0.3, 0.4) is 0 Å². The summed E-state index contributed by atoms with van der Waals surface area (Å²) in [5.41, 5.74) is 1.21. The van der Waals surface area contributed by atoms with Crippen molar-refractivity contribution in [3.63, 3.8) is 0 Å². The van der Waals surface area contributed by atoms with Gasteiger partial charge in [0.2, 0.25) is 0 Å². The van der Waals surface area contributed by atoms with Crippen LogP contribution in [0.1, 0.15) is 31.4 Å². The lowest BCUT2D eigenvalue weighted by Gasteiger charge is -2.35. The Bertz CT molecular complexity index is 389. The summed E-state index contributed by atoms with van der Waals surface area (Å²) in [5, 5.41) is 4.89.